The first-order valence-electron chi connectivity index (χ1n) is 3.76. The number of nitrogens with zero attached hydrogens (tertiary/aromatic N) is 2. The van der Waals surface area contributed by atoms with Crippen molar-refractivity contribution in [2.45, 2.75) is 0 Å². The lowest BCUT2D eigenvalue weighted by Crippen LogP contribution is -2.48. The molecule has 0 amide bonds. The first kappa shape index (κ1) is 8.29. The van der Waals surface area contributed by atoms with Gasteiger partial charge in [0.25, 0.3) is 0 Å². The van der Waals surface area contributed by atoms with Crippen molar-refractivity contribution in [1.29, 1.82) is 0 Å². The molecular formula is C7H9ClN2OS. The van der Waals surface area contributed by atoms with Crippen LogP contribution in [0.5, 0.6) is 0 Å². The summed E-state index contributed by atoms with van der Waals surface area (Å²) in [7, 11) is 0. The smallest absolute Gasteiger partial charge is 0.186 e. The molecule has 5 heteroatoms. The van der Waals surface area contributed by atoms with Crippen LogP contribution in [0.15, 0.2) is 5.38 Å². The summed E-state index contributed by atoms with van der Waals surface area (Å²) in [5, 5.41) is 12.1. The Balaban J connectivity index is 1.96. The van der Waals surface area contributed by atoms with Crippen LogP contribution in [0.25, 0.3) is 0 Å². The minimum absolute atomic E-state index is 0.273. The molecule has 2 heterocycles. The summed E-state index contributed by atoms with van der Waals surface area (Å²) in [4.78, 5) is 6.25. The van der Waals surface area contributed by atoms with E-state index < -0.39 is 0 Å². The van der Waals surface area contributed by atoms with Gasteiger partial charge in [-0.05, 0) is 0 Å². The quantitative estimate of drug-likeness (QED) is 0.787. The van der Waals surface area contributed by atoms with Gasteiger partial charge in [-0.3, -0.25) is 0 Å². The average molecular weight is 205 g/mol. The van der Waals surface area contributed by atoms with Crippen molar-refractivity contribution >= 4 is 28.1 Å². The molecule has 1 fully saturated rings. The van der Waals surface area contributed by atoms with Crippen LogP contribution in [-0.2, 0) is 0 Å². The number of aromatic nitrogens is 1. The van der Waals surface area contributed by atoms with E-state index in [-0.39, 0.29) is 6.61 Å². The van der Waals surface area contributed by atoms with Crippen LogP contribution in [-0.4, -0.2) is 29.8 Å². The molecular weight excluding hydrogens is 196 g/mol. The van der Waals surface area contributed by atoms with E-state index in [2.05, 4.69) is 9.88 Å². The Bertz CT molecular complexity index is 272. The normalized spacial score (nSPS) is 18.0. The van der Waals surface area contributed by atoms with Gasteiger partial charge >= 0.3 is 0 Å². The first-order valence-corrected chi connectivity index (χ1v) is 5.02. The number of aliphatic hydroxyl groups is 1. The standard InChI is InChI=1S/C7H9ClN2OS/c8-6-4-12-7(9-6)10-1-5(2-10)3-11/h4-5,11H,1-3H2. The lowest BCUT2D eigenvalue weighted by molar-refractivity contribution is 0.200. The molecule has 1 aliphatic heterocycles. The Hall–Kier alpha value is -0.320. The summed E-state index contributed by atoms with van der Waals surface area (Å²) >= 11 is 7.23. The van der Waals surface area contributed by atoms with Crippen molar-refractivity contribution in [1.82, 2.24) is 4.98 Å². The Labute approximate surface area is 79.6 Å². The zero-order valence-electron chi connectivity index (χ0n) is 6.40. The molecule has 0 aliphatic carbocycles. The molecule has 0 spiro atoms. The van der Waals surface area contributed by atoms with Crippen LogP contribution < -0.4 is 4.90 Å². The van der Waals surface area contributed by atoms with Crippen molar-refractivity contribution in [3.8, 4) is 0 Å². The minimum atomic E-state index is 0.273. The topological polar surface area (TPSA) is 36.4 Å². The molecule has 2 rings (SSSR count). The summed E-state index contributed by atoms with van der Waals surface area (Å²) in [6.45, 7) is 2.08. The number of rotatable bonds is 2. The first-order chi connectivity index (χ1) is 5.79. The van der Waals surface area contributed by atoms with E-state index >= 15 is 0 Å². The zero-order valence-corrected chi connectivity index (χ0v) is 7.98. The number of halogens is 1. The SMILES string of the molecule is OCC1CN(c2nc(Cl)cs2)C1. The molecule has 0 saturated carbocycles. The van der Waals surface area contributed by atoms with Crippen molar-refractivity contribution in [2.75, 3.05) is 24.6 Å². The molecule has 0 bridgehead atoms. The molecule has 0 radical (unpaired) electrons. The fourth-order valence-corrected chi connectivity index (χ4v) is 2.20. The Kier molecular flexibility index (Phi) is 2.21. The number of anilines is 1. The highest BCUT2D eigenvalue weighted by atomic mass is 35.5. The third-order valence-corrected chi connectivity index (χ3v) is 3.17. The molecule has 0 aromatic carbocycles. The van der Waals surface area contributed by atoms with Gasteiger partial charge in [0.1, 0.15) is 5.15 Å². The molecule has 3 nitrogen and oxygen atoms in total. The fourth-order valence-electron chi connectivity index (χ4n) is 1.23. The van der Waals surface area contributed by atoms with Crippen LogP contribution >= 0.6 is 22.9 Å². The number of thiazole rings is 1. The van der Waals surface area contributed by atoms with Gasteiger partial charge in [-0.1, -0.05) is 11.6 Å². The van der Waals surface area contributed by atoms with E-state index in [4.69, 9.17) is 16.7 Å². The Morgan fingerprint density at radius 3 is 3.00 bits per heavy atom. The maximum atomic E-state index is 8.79. The number of hydrogen-bond acceptors (Lipinski definition) is 4. The second-order valence-corrected chi connectivity index (χ2v) is 4.13. The molecule has 0 atom stereocenters. The Morgan fingerprint density at radius 1 is 1.75 bits per heavy atom. The van der Waals surface area contributed by atoms with Gasteiger partial charge in [0.2, 0.25) is 0 Å². The van der Waals surface area contributed by atoms with Gasteiger partial charge < -0.3 is 10.0 Å². The second-order valence-electron chi connectivity index (χ2n) is 2.91. The molecule has 1 aliphatic rings. The van der Waals surface area contributed by atoms with Crippen molar-refractivity contribution in [3.05, 3.63) is 10.5 Å². The van der Waals surface area contributed by atoms with Crippen LogP contribution in [0.4, 0.5) is 5.13 Å². The lowest BCUT2D eigenvalue weighted by Gasteiger charge is -2.37. The maximum Gasteiger partial charge on any atom is 0.186 e. The van der Waals surface area contributed by atoms with Crippen LogP contribution in [0.2, 0.25) is 5.15 Å². The largest absolute Gasteiger partial charge is 0.396 e. The molecule has 12 heavy (non-hydrogen) atoms. The van der Waals surface area contributed by atoms with E-state index in [0.717, 1.165) is 18.2 Å². The van der Waals surface area contributed by atoms with E-state index in [0.29, 0.717) is 11.1 Å². The molecule has 1 aromatic rings. The highest BCUT2D eigenvalue weighted by Gasteiger charge is 2.27. The highest BCUT2D eigenvalue weighted by Crippen LogP contribution is 2.28. The van der Waals surface area contributed by atoms with Crippen LogP contribution in [0.1, 0.15) is 0 Å². The predicted molar refractivity (Wildman–Crippen MR) is 49.9 cm³/mol. The minimum Gasteiger partial charge on any atom is -0.396 e. The summed E-state index contributed by atoms with van der Waals surface area (Å²) in [5.74, 6) is 0.424. The molecule has 66 valence electrons. The van der Waals surface area contributed by atoms with Gasteiger partial charge in [-0.25, -0.2) is 4.98 Å². The summed E-state index contributed by atoms with van der Waals surface area (Å²) in [6, 6.07) is 0. The van der Waals surface area contributed by atoms with E-state index in [1.54, 1.807) is 11.3 Å². The molecule has 0 unspecified atom stereocenters. The third kappa shape index (κ3) is 1.42. The van der Waals surface area contributed by atoms with Crippen molar-refractivity contribution < 1.29 is 5.11 Å². The Morgan fingerprint density at radius 2 is 2.50 bits per heavy atom. The van der Waals surface area contributed by atoms with E-state index in [1.165, 1.54) is 0 Å². The average Bonchev–Trinajstić information content (AvgIpc) is 2.34. The summed E-state index contributed by atoms with van der Waals surface area (Å²) in [5.41, 5.74) is 0. The predicted octanol–water partition coefficient (Wildman–Crippen LogP) is 1.22. The van der Waals surface area contributed by atoms with Gasteiger partial charge in [0.05, 0.1) is 0 Å². The summed E-state index contributed by atoms with van der Waals surface area (Å²) in [6.07, 6.45) is 0. The summed E-state index contributed by atoms with van der Waals surface area (Å²) < 4.78 is 0. The zero-order chi connectivity index (χ0) is 8.55. The molecule has 1 N–H and O–H groups in total. The fraction of sp³-hybridized carbons (Fsp3) is 0.571. The number of hydrogen-bond donors (Lipinski definition) is 1. The van der Waals surface area contributed by atoms with Gasteiger partial charge in [-0.2, -0.15) is 0 Å². The van der Waals surface area contributed by atoms with Crippen molar-refractivity contribution in [3.63, 3.8) is 0 Å². The highest BCUT2D eigenvalue weighted by molar-refractivity contribution is 7.14. The van der Waals surface area contributed by atoms with Gasteiger partial charge in [0, 0.05) is 31.0 Å². The third-order valence-electron chi connectivity index (χ3n) is 1.95. The van der Waals surface area contributed by atoms with Crippen LogP contribution in [0, 0.1) is 5.92 Å². The van der Waals surface area contributed by atoms with Gasteiger partial charge in [-0.15, -0.1) is 11.3 Å². The van der Waals surface area contributed by atoms with Crippen LogP contribution in [0.3, 0.4) is 0 Å². The number of aliphatic hydroxyl groups excluding tert-OH is 1. The van der Waals surface area contributed by atoms with Crippen molar-refractivity contribution in [2.24, 2.45) is 5.92 Å². The molecule has 1 saturated heterocycles. The van der Waals surface area contributed by atoms with Gasteiger partial charge in [0.15, 0.2) is 5.13 Å². The maximum absolute atomic E-state index is 8.79. The van der Waals surface area contributed by atoms with E-state index in [1.807, 2.05) is 5.38 Å². The monoisotopic (exact) mass is 204 g/mol. The van der Waals surface area contributed by atoms with E-state index in [9.17, 15) is 0 Å². The second kappa shape index (κ2) is 3.20. The molecule has 1 aromatic heterocycles. The lowest BCUT2D eigenvalue weighted by atomic mass is 10.0.